The molecule has 0 saturated carbocycles. The fraction of sp³-hybridized carbons (Fsp3) is 0.412. The number of alkyl halides is 3. The predicted octanol–water partition coefficient (Wildman–Crippen LogP) is 2.83. The molecule has 2 rings (SSSR count). The highest BCUT2D eigenvalue weighted by Gasteiger charge is 2.30. The number of hydrogen-bond donors (Lipinski definition) is 1. The van der Waals surface area contributed by atoms with Gasteiger partial charge < -0.3 is 10.6 Å². The summed E-state index contributed by atoms with van der Waals surface area (Å²) in [6, 6.07) is 4.81. The van der Waals surface area contributed by atoms with Crippen molar-refractivity contribution in [2.24, 2.45) is 11.7 Å². The zero-order valence-electron chi connectivity index (χ0n) is 13.1. The van der Waals surface area contributed by atoms with Crippen molar-refractivity contribution in [3.05, 3.63) is 41.5 Å². The predicted molar refractivity (Wildman–Crippen MR) is 83.6 cm³/mol. The standard InChI is InChI=1S/C17H19F3N2O2/c18-17(19,20)14-3-1-2-12(10-14)4-5-16(24)22-8-6-13(7-9-22)11-15(21)23/h1-5,10,13H,6-9,11H2,(H2,21,23). The maximum atomic E-state index is 12.7. The van der Waals surface area contributed by atoms with Crippen LogP contribution in [0.3, 0.4) is 0 Å². The lowest BCUT2D eigenvalue weighted by atomic mass is 9.93. The number of amides is 2. The van der Waals surface area contributed by atoms with E-state index in [-0.39, 0.29) is 17.7 Å². The summed E-state index contributed by atoms with van der Waals surface area (Å²) in [5.41, 5.74) is 4.74. The summed E-state index contributed by atoms with van der Waals surface area (Å²) < 4.78 is 38.0. The SMILES string of the molecule is NC(=O)CC1CCN(C(=O)C=Cc2cccc(C(F)(F)F)c2)CC1. The Labute approximate surface area is 138 Å². The summed E-state index contributed by atoms with van der Waals surface area (Å²) in [6.45, 7) is 1.04. The van der Waals surface area contributed by atoms with Crippen molar-refractivity contribution in [2.75, 3.05) is 13.1 Å². The second-order valence-corrected chi connectivity index (χ2v) is 5.90. The lowest BCUT2D eigenvalue weighted by Gasteiger charge is -2.30. The van der Waals surface area contributed by atoms with Crippen LogP contribution < -0.4 is 5.73 Å². The third kappa shape index (κ3) is 5.11. The Morgan fingerprint density at radius 1 is 1.25 bits per heavy atom. The normalized spacial score (nSPS) is 16.5. The summed E-state index contributed by atoms with van der Waals surface area (Å²) >= 11 is 0. The van der Waals surface area contributed by atoms with E-state index in [2.05, 4.69) is 0 Å². The molecule has 1 aliphatic rings. The van der Waals surface area contributed by atoms with Gasteiger partial charge in [0.15, 0.2) is 0 Å². The molecule has 1 aromatic rings. The summed E-state index contributed by atoms with van der Waals surface area (Å²) in [5, 5.41) is 0. The molecule has 4 nitrogen and oxygen atoms in total. The Hall–Kier alpha value is -2.31. The molecule has 130 valence electrons. The van der Waals surface area contributed by atoms with E-state index in [1.165, 1.54) is 24.3 Å². The van der Waals surface area contributed by atoms with Gasteiger partial charge in [-0.2, -0.15) is 13.2 Å². The quantitative estimate of drug-likeness (QED) is 0.857. The number of rotatable bonds is 4. The Morgan fingerprint density at radius 2 is 1.92 bits per heavy atom. The van der Waals surface area contributed by atoms with Crippen LogP contribution >= 0.6 is 0 Å². The first-order valence-corrected chi connectivity index (χ1v) is 7.68. The monoisotopic (exact) mass is 340 g/mol. The van der Waals surface area contributed by atoms with E-state index in [4.69, 9.17) is 5.73 Å². The van der Waals surface area contributed by atoms with Crippen LogP contribution in [0.15, 0.2) is 30.3 Å². The number of halogens is 3. The molecule has 7 heteroatoms. The average Bonchev–Trinajstić information content (AvgIpc) is 2.52. The van der Waals surface area contributed by atoms with Crippen LogP contribution in [0.5, 0.6) is 0 Å². The molecule has 0 aliphatic carbocycles. The van der Waals surface area contributed by atoms with Crippen molar-refractivity contribution >= 4 is 17.9 Å². The molecule has 1 saturated heterocycles. The van der Waals surface area contributed by atoms with Gasteiger partial charge in [-0.15, -0.1) is 0 Å². The molecular weight excluding hydrogens is 321 g/mol. The Bertz CT molecular complexity index is 633. The van der Waals surface area contributed by atoms with Gasteiger partial charge in [-0.3, -0.25) is 9.59 Å². The lowest BCUT2D eigenvalue weighted by Crippen LogP contribution is -2.38. The molecule has 1 fully saturated rings. The molecule has 0 spiro atoms. The molecule has 0 atom stereocenters. The van der Waals surface area contributed by atoms with E-state index < -0.39 is 11.7 Å². The lowest BCUT2D eigenvalue weighted by molar-refractivity contribution is -0.137. The van der Waals surface area contributed by atoms with Crippen molar-refractivity contribution in [3.8, 4) is 0 Å². The first kappa shape index (κ1) is 18.0. The van der Waals surface area contributed by atoms with Crippen molar-refractivity contribution in [1.82, 2.24) is 4.90 Å². The van der Waals surface area contributed by atoms with Gasteiger partial charge in [0.2, 0.25) is 11.8 Å². The molecule has 24 heavy (non-hydrogen) atoms. The van der Waals surface area contributed by atoms with E-state index >= 15 is 0 Å². The minimum Gasteiger partial charge on any atom is -0.370 e. The number of carbonyl (C=O) groups excluding carboxylic acids is 2. The smallest absolute Gasteiger partial charge is 0.370 e. The Morgan fingerprint density at radius 3 is 2.50 bits per heavy atom. The van der Waals surface area contributed by atoms with Crippen LogP contribution in [0.1, 0.15) is 30.4 Å². The number of piperidine rings is 1. The third-order valence-electron chi connectivity index (χ3n) is 4.05. The number of carbonyl (C=O) groups is 2. The molecule has 0 radical (unpaired) electrons. The molecule has 2 amide bonds. The van der Waals surface area contributed by atoms with Crippen LogP contribution in [0.2, 0.25) is 0 Å². The maximum Gasteiger partial charge on any atom is 0.416 e. The van der Waals surface area contributed by atoms with Gasteiger partial charge in [-0.1, -0.05) is 12.1 Å². The molecule has 0 aromatic heterocycles. The highest BCUT2D eigenvalue weighted by molar-refractivity contribution is 5.91. The van der Waals surface area contributed by atoms with Crippen molar-refractivity contribution in [3.63, 3.8) is 0 Å². The first-order valence-electron chi connectivity index (χ1n) is 7.68. The van der Waals surface area contributed by atoms with E-state index in [0.29, 0.717) is 37.9 Å². The molecule has 0 bridgehead atoms. The fourth-order valence-electron chi connectivity index (χ4n) is 2.73. The van der Waals surface area contributed by atoms with Crippen LogP contribution in [0, 0.1) is 5.92 Å². The van der Waals surface area contributed by atoms with Gasteiger partial charge in [-0.05, 0) is 42.5 Å². The molecule has 1 aliphatic heterocycles. The van der Waals surface area contributed by atoms with Gasteiger partial charge in [0.1, 0.15) is 0 Å². The van der Waals surface area contributed by atoms with Crippen molar-refractivity contribution < 1.29 is 22.8 Å². The second-order valence-electron chi connectivity index (χ2n) is 5.90. The van der Waals surface area contributed by atoms with Crippen LogP contribution in [-0.4, -0.2) is 29.8 Å². The molecule has 1 heterocycles. The van der Waals surface area contributed by atoms with Crippen LogP contribution in [0.4, 0.5) is 13.2 Å². The number of primary amides is 1. The summed E-state index contributed by atoms with van der Waals surface area (Å²) in [5.74, 6) is -0.395. The number of hydrogen-bond acceptors (Lipinski definition) is 2. The van der Waals surface area contributed by atoms with E-state index in [9.17, 15) is 22.8 Å². The van der Waals surface area contributed by atoms with E-state index in [0.717, 1.165) is 12.1 Å². The van der Waals surface area contributed by atoms with Crippen LogP contribution in [0.25, 0.3) is 6.08 Å². The number of nitrogens with two attached hydrogens (primary N) is 1. The maximum absolute atomic E-state index is 12.7. The molecule has 0 unspecified atom stereocenters. The highest BCUT2D eigenvalue weighted by atomic mass is 19.4. The number of likely N-dealkylation sites (tertiary alicyclic amines) is 1. The minimum absolute atomic E-state index is 0.194. The molecule has 1 aromatic carbocycles. The number of nitrogens with zero attached hydrogens (tertiary/aromatic N) is 1. The summed E-state index contributed by atoms with van der Waals surface area (Å²) in [6.07, 6.45) is -0.0204. The zero-order chi connectivity index (χ0) is 17.7. The van der Waals surface area contributed by atoms with Gasteiger partial charge in [-0.25, -0.2) is 0 Å². The molecule has 2 N–H and O–H groups in total. The first-order chi connectivity index (χ1) is 11.3. The summed E-state index contributed by atoms with van der Waals surface area (Å²) in [4.78, 5) is 24.6. The van der Waals surface area contributed by atoms with Crippen LogP contribution in [-0.2, 0) is 15.8 Å². The zero-order valence-corrected chi connectivity index (χ0v) is 13.1. The van der Waals surface area contributed by atoms with E-state index in [1.807, 2.05) is 0 Å². The van der Waals surface area contributed by atoms with Gasteiger partial charge in [0.05, 0.1) is 5.56 Å². The van der Waals surface area contributed by atoms with Gasteiger partial charge >= 0.3 is 6.18 Å². The minimum atomic E-state index is -4.41. The van der Waals surface area contributed by atoms with Gasteiger partial charge in [0, 0.05) is 25.6 Å². The highest BCUT2D eigenvalue weighted by Crippen LogP contribution is 2.29. The largest absolute Gasteiger partial charge is 0.416 e. The van der Waals surface area contributed by atoms with Gasteiger partial charge in [0.25, 0.3) is 0 Å². The fourth-order valence-corrected chi connectivity index (χ4v) is 2.73. The molecular formula is C17H19F3N2O2. The van der Waals surface area contributed by atoms with Crippen molar-refractivity contribution in [2.45, 2.75) is 25.4 Å². The number of benzene rings is 1. The van der Waals surface area contributed by atoms with E-state index in [1.54, 1.807) is 4.90 Å². The Balaban J connectivity index is 1.93. The third-order valence-corrected chi connectivity index (χ3v) is 4.05. The van der Waals surface area contributed by atoms with Crippen molar-refractivity contribution in [1.29, 1.82) is 0 Å². The second kappa shape index (κ2) is 7.51. The topological polar surface area (TPSA) is 63.4 Å². The summed E-state index contributed by atoms with van der Waals surface area (Å²) in [7, 11) is 0. The Kier molecular flexibility index (Phi) is 5.64. The average molecular weight is 340 g/mol.